The molecule has 1 fully saturated rings. The molecule has 0 bridgehead atoms. The van der Waals surface area contributed by atoms with Gasteiger partial charge in [-0.05, 0) is 38.3 Å². The minimum Gasteiger partial charge on any atom is -0.481 e. The van der Waals surface area contributed by atoms with Crippen molar-refractivity contribution in [1.82, 2.24) is 4.90 Å². The van der Waals surface area contributed by atoms with E-state index in [9.17, 15) is 9.90 Å². The number of carboxylic acid groups (broad SMARTS) is 1. The quantitative estimate of drug-likeness (QED) is 0.881. The van der Waals surface area contributed by atoms with E-state index in [1.807, 2.05) is 13.0 Å². The Morgan fingerprint density at radius 1 is 1.69 bits per heavy atom. The second-order valence-electron chi connectivity index (χ2n) is 4.78. The van der Waals surface area contributed by atoms with Crippen LogP contribution in [0.4, 0.5) is 0 Å². The normalized spacial score (nSPS) is 28.1. The number of hydrogen-bond donors (Lipinski definition) is 1. The van der Waals surface area contributed by atoms with E-state index in [-0.39, 0.29) is 0 Å². The SMILES string of the molecule is CC(c1cccs1)N1CCC(C)(C(=O)O)C1. The summed E-state index contributed by atoms with van der Waals surface area (Å²) in [5.41, 5.74) is -0.564. The molecule has 0 radical (unpaired) electrons. The Kier molecular flexibility index (Phi) is 3.04. The van der Waals surface area contributed by atoms with E-state index in [4.69, 9.17) is 0 Å². The van der Waals surface area contributed by atoms with Crippen LogP contribution in [0.5, 0.6) is 0 Å². The molecule has 0 aromatic carbocycles. The lowest BCUT2D eigenvalue weighted by Crippen LogP contribution is -2.32. The summed E-state index contributed by atoms with van der Waals surface area (Å²) in [6.07, 6.45) is 0.748. The van der Waals surface area contributed by atoms with Crippen molar-refractivity contribution in [3.05, 3.63) is 22.4 Å². The molecule has 2 atom stereocenters. The zero-order chi connectivity index (χ0) is 11.8. The van der Waals surface area contributed by atoms with E-state index in [1.165, 1.54) is 4.88 Å². The first kappa shape index (κ1) is 11.6. The average Bonchev–Trinajstić information content (AvgIpc) is 2.85. The topological polar surface area (TPSA) is 40.5 Å². The number of rotatable bonds is 3. The van der Waals surface area contributed by atoms with Crippen molar-refractivity contribution in [2.75, 3.05) is 13.1 Å². The molecule has 88 valence electrons. The van der Waals surface area contributed by atoms with Crippen LogP contribution in [0, 0.1) is 5.41 Å². The molecule has 0 saturated carbocycles. The summed E-state index contributed by atoms with van der Waals surface area (Å²) in [6, 6.07) is 4.50. The summed E-state index contributed by atoms with van der Waals surface area (Å²) < 4.78 is 0. The van der Waals surface area contributed by atoms with Crippen LogP contribution in [0.2, 0.25) is 0 Å². The van der Waals surface area contributed by atoms with Gasteiger partial charge < -0.3 is 5.11 Å². The highest BCUT2D eigenvalue weighted by atomic mass is 32.1. The van der Waals surface area contributed by atoms with Gasteiger partial charge >= 0.3 is 5.97 Å². The Labute approximate surface area is 99.7 Å². The molecule has 0 aliphatic carbocycles. The molecule has 0 amide bonds. The van der Waals surface area contributed by atoms with Gasteiger partial charge in [0.05, 0.1) is 5.41 Å². The molecule has 1 N–H and O–H groups in total. The first-order valence-corrected chi connectivity index (χ1v) is 6.42. The van der Waals surface area contributed by atoms with Crippen LogP contribution < -0.4 is 0 Å². The Morgan fingerprint density at radius 3 is 2.94 bits per heavy atom. The monoisotopic (exact) mass is 239 g/mol. The molecular weight excluding hydrogens is 222 g/mol. The lowest BCUT2D eigenvalue weighted by Gasteiger charge is -2.25. The average molecular weight is 239 g/mol. The van der Waals surface area contributed by atoms with E-state index >= 15 is 0 Å². The van der Waals surface area contributed by atoms with Gasteiger partial charge in [-0.2, -0.15) is 0 Å². The summed E-state index contributed by atoms with van der Waals surface area (Å²) in [5, 5.41) is 11.2. The zero-order valence-corrected chi connectivity index (χ0v) is 10.5. The molecular formula is C12H17NO2S. The maximum Gasteiger partial charge on any atom is 0.310 e. The fraction of sp³-hybridized carbons (Fsp3) is 0.583. The lowest BCUT2D eigenvalue weighted by atomic mass is 9.90. The first-order chi connectivity index (χ1) is 7.53. The van der Waals surface area contributed by atoms with Gasteiger partial charge in [0.25, 0.3) is 0 Å². The van der Waals surface area contributed by atoms with E-state index in [0.717, 1.165) is 13.0 Å². The van der Waals surface area contributed by atoms with E-state index in [0.29, 0.717) is 12.6 Å². The minimum atomic E-state index is -0.673. The number of carboxylic acids is 1. The molecule has 2 heterocycles. The number of likely N-dealkylation sites (tertiary alicyclic amines) is 1. The van der Waals surface area contributed by atoms with E-state index in [2.05, 4.69) is 23.3 Å². The van der Waals surface area contributed by atoms with Gasteiger partial charge in [-0.3, -0.25) is 9.69 Å². The van der Waals surface area contributed by atoms with Crippen molar-refractivity contribution in [1.29, 1.82) is 0 Å². The van der Waals surface area contributed by atoms with Crippen molar-refractivity contribution >= 4 is 17.3 Å². The van der Waals surface area contributed by atoms with Gasteiger partial charge in [0.1, 0.15) is 0 Å². The fourth-order valence-corrected chi connectivity index (χ4v) is 3.03. The van der Waals surface area contributed by atoms with Gasteiger partial charge in [0.15, 0.2) is 0 Å². The Hall–Kier alpha value is -0.870. The Bertz CT molecular complexity index is 376. The number of aliphatic carboxylic acids is 1. The summed E-state index contributed by atoms with van der Waals surface area (Å²) in [7, 11) is 0. The third kappa shape index (κ3) is 1.99. The lowest BCUT2D eigenvalue weighted by molar-refractivity contribution is -0.147. The van der Waals surface area contributed by atoms with Gasteiger partial charge in [-0.15, -0.1) is 11.3 Å². The number of nitrogens with zero attached hydrogens (tertiary/aromatic N) is 1. The molecule has 1 aliphatic heterocycles. The van der Waals surface area contributed by atoms with Crippen LogP contribution in [0.1, 0.15) is 31.2 Å². The van der Waals surface area contributed by atoms with Crippen molar-refractivity contribution in [3.8, 4) is 0 Å². The van der Waals surface area contributed by atoms with Crippen LogP contribution >= 0.6 is 11.3 Å². The predicted molar refractivity (Wildman–Crippen MR) is 64.7 cm³/mol. The summed E-state index contributed by atoms with van der Waals surface area (Å²) in [6.45, 7) is 5.53. The highest BCUT2D eigenvalue weighted by molar-refractivity contribution is 7.10. The van der Waals surface area contributed by atoms with Crippen molar-refractivity contribution in [2.45, 2.75) is 26.3 Å². The molecule has 2 unspecified atom stereocenters. The number of carbonyl (C=O) groups is 1. The predicted octanol–water partition coefficient (Wildman–Crippen LogP) is 2.61. The summed E-state index contributed by atoms with van der Waals surface area (Å²) in [5.74, 6) is -0.673. The summed E-state index contributed by atoms with van der Waals surface area (Å²) >= 11 is 1.74. The summed E-state index contributed by atoms with van der Waals surface area (Å²) in [4.78, 5) is 14.7. The molecule has 1 aromatic rings. The second-order valence-corrected chi connectivity index (χ2v) is 5.76. The molecule has 1 aromatic heterocycles. The van der Waals surface area contributed by atoms with Crippen molar-refractivity contribution < 1.29 is 9.90 Å². The van der Waals surface area contributed by atoms with E-state index < -0.39 is 11.4 Å². The largest absolute Gasteiger partial charge is 0.481 e. The van der Waals surface area contributed by atoms with Gasteiger partial charge in [0.2, 0.25) is 0 Å². The van der Waals surface area contributed by atoms with Crippen molar-refractivity contribution in [2.24, 2.45) is 5.41 Å². The van der Waals surface area contributed by atoms with Gasteiger partial charge in [0, 0.05) is 17.5 Å². The third-order valence-corrected chi connectivity index (χ3v) is 4.56. The minimum absolute atomic E-state index is 0.334. The molecule has 2 rings (SSSR count). The van der Waals surface area contributed by atoms with Crippen LogP contribution in [0.15, 0.2) is 17.5 Å². The first-order valence-electron chi connectivity index (χ1n) is 5.54. The van der Waals surface area contributed by atoms with E-state index in [1.54, 1.807) is 11.3 Å². The van der Waals surface area contributed by atoms with Gasteiger partial charge in [-0.25, -0.2) is 0 Å². The molecule has 3 nitrogen and oxygen atoms in total. The maximum absolute atomic E-state index is 11.2. The van der Waals surface area contributed by atoms with Crippen LogP contribution in [0.3, 0.4) is 0 Å². The second kappa shape index (κ2) is 4.18. The molecule has 0 spiro atoms. The van der Waals surface area contributed by atoms with Crippen LogP contribution in [-0.2, 0) is 4.79 Å². The third-order valence-electron chi connectivity index (χ3n) is 3.52. The van der Waals surface area contributed by atoms with Crippen LogP contribution in [-0.4, -0.2) is 29.1 Å². The molecule has 1 aliphatic rings. The van der Waals surface area contributed by atoms with Crippen LogP contribution in [0.25, 0.3) is 0 Å². The molecule has 1 saturated heterocycles. The number of thiophene rings is 1. The van der Waals surface area contributed by atoms with Gasteiger partial charge in [-0.1, -0.05) is 6.07 Å². The standard InChI is InChI=1S/C12H17NO2S/c1-9(10-4-3-7-16-10)13-6-5-12(2,8-13)11(14)15/h3-4,7,9H,5-6,8H2,1-2H3,(H,14,15). The smallest absolute Gasteiger partial charge is 0.310 e. The highest BCUT2D eigenvalue weighted by Crippen LogP contribution is 2.36. The Morgan fingerprint density at radius 2 is 2.44 bits per heavy atom. The fourth-order valence-electron chi connectivity index (χ4n) is 2.21. The zero-order valence-electron chi connectivity index (χ0n) is 9.64. The maximum atomic E-state index is 11.2. The Balaban J connectivity index is 2.07. The highest BCUT2D eigenvalue weighted by Gasteiger charge is 2.41. The molecule has 16 heavy (non-hydrogen) atoms. The number of hydrogen-bond acceptors (Lipinski definition) is 3. The molecule has 4 heteroatoms. The van der Waals surface area contributed by atoms with Crippen molar-refractivity contribution in [3.63, 3.8) is 0 Å².